The molecular weight excluding hydrogens is 280 g/mol. The van der Waals surface area contributed by atoms with Crippen LogP contribution >= 0.6 is 0 Å². The number of carbonyl (C=O) groups is 4. The van der Waals surface area contributed by atoms with E-state index in [1.165, 1.54) is 0 Å². The number of fused-ring (bicyclic) bond motifs is 1. The van der Waals surface area contributed by atoms with Gasteiger partial charge in [0.05, 0.1) is 11.1 Å². The Balaban J connectivity index is 0.000000212. The number of imide groups is 1. The largest absolute Gasteiger partial charge is 0.481 e. The molecule has 2 rings (SSSR count). The predicted octanol–water partition coefficient (Wildman–Crippen LogP) is -0.167. The van der Waals surface area contributed by atoms with Gasteiger partial charge in [0.25, 0.3) is 11.8 Å². The van der Waals surface area contributed by atoms with Gasteiger partial charge in [0.15, 0.2) is 0 Å². The van der Waals surface area contributed by atoms with Gasteiger partial charge in [-0.3, -0.25) is 24.5 Å². The molecule has 1 aromatic rings. The van der Waals surface area contributed by atoms with Crippen molar-refractivity contribution >= 4 is 23.8 Å². The Hall–Kier alpha value is -2.74. The maximum Gasteiger partial charge on any atom is 0.320 e. The molecule has 0 bridgehead atoms. The van der Waals surface area contributed by atoms with Crippen LogP contribution in [-0.2, 0) is 9.59 Å². The van der Waals surface area contributed by atoms with Crippen LogP contribution in [-0.4, -0.2) is 40.0 Å². The van der Waals surface area contributed by atoms with Crippen LogP contribution in [0.2, 0.25) is 0 Å². The first-order valence-corrected chi connectivity index (χ1v) is 5.97. The summed E-state index contributed by atoms with van der Waals surface area (Å²) in [5, 5.41) is 18.5. The fourth-order valence-electron chi connectivity index (χ4n) is 1.52. The molecule has 0 unspecified atom stereocenters. The third-order valence-corrected chi connectivity index (χ3v) is 2.63. The molecule has 0 saturated carbocycles. The summed E-state index contributed by atoms with van der Waals surface area (Å²) in [4.78, 5) is 41.8. The van der Waals surface area contributed by atoms with E-state index in [9.17, 15) is 19.2 Å². The quantitative estimate of drug-likeness (QED) is 0.564. The molecule has 1 aromatic carbocycles. The fraction of sp³-hybridized carbons (Fsp3) is 0.231. The molecule has 0 fully saturated rings. The number of aliphatic carboxylic acids is 2. The number of amides is 2. The molecule has 0 spiro atoms. The second-order valence-corrected chi connectivity index (χ2v) is 4.21. The molecule has 0 radical (unpaired) electrons. The van der Waals surface area contributed by atoms with Crippen LogP contribution in [0.4, 0.5) is 0 Å². The van der Waals surface area contributed by atoms with Crippen molar-refractivity contribution in [3.63, 3.8) is 0 Å². The third kappa shape index (κ3) is 4.69. The Kier molecular flexibility index (Phi) is 5.56. The lowest BCUT2D eigenvalue weighted by molar-refractivity contribution is -0.139. The van der Waals surface area contributed by atoms with Crippen LogP contribution < -0.4 is 11.1 Å². The highest BCUT2D eigenvalue weighted by Crippen LogP contribution is 2.13. The highest BCUT2D eigenvalue weighted by molar-refractivity contribution is 6.21. The van der Waals surface area contributed by atoms with Gasteiger partial charge < -0.3 is 15.9 Å². The highest BCUT2D eigenvalue weighted by atomic mass is 16.4. The maximum atomic E-state index is 10.9. The topological polar surface area (TPSA) is 147 Å². The number of rotatable bonds is 4. The molecule has 1 aliphatic heterocycles. The van der Waals surface area contributed by atoms with Gasteiger partial charge in [-0.2, -0.15) is 0 Å². The van der Waals surface area contributed by atoms with E-state index in [4.69, 9.17) is 15.9 Å². The molecule has 8 nitrogen and oxygen atoms in total. The van der Waals surface area contributed by atoms with Gasteiger partial charge in [-0.15, -0.1) is 0 Å². The molecule has 0 saturated heterocycles. The number of carboxylic acid groups (broad SMARTS) is 2. The summed E-state index contributed by atoms with van der Waals surface area (Å²) in [5.74, 6) is -2.80. The minimum atomic E-state index is -1.17. The van der Waals surface area contributed by atoms with Crippen LogP contribution in [0.15, 0.2) is 24.3 Å². The molecule has 112 valence electrons. The van der Waals surface area contributed by atoms with Gasteiger partial charge in [0, 0.05) is 6.42 Å². The minimum Gasteiger partial charge on any atom is -0.481 e. The smallest absolute Gasteiger partial charge is 0.320 e. The van der Waals surface area contributed by atoms with E-state index in [0.717, 1.165) is 0 Å². The van der Waals surface area contributed by atoms with E-state index in [1.54, 1.807) is 24.3 Å². The standard InChI is InChI=1S/C8H5NO2.C5H9NO4/c10-7-5-3-1-2-4-6(5)8(11)9-7;6-3(5(9)10)1-2-4(7)8/h1-4H,(H,9,10,11);3H,1-2,6H2,(H,7,8)(H,9,10)/t;3-/m.0/s1. The first-order valence-electron chi connectivity index (χ1n) is 5.97. The Bertz CT molecular complexity index is 551. The van der Waals surface area contributed by atoms with Crippen LogP contribution in [0.5, 0.6) is 0 Å². The predicted molar refractivity (Wildman–Crippen MR) is 70.7 cm³/mol. The normalized spacial score (nSPS) is 13.6. The van der Waals surface area contributed by atoms with Gasteiger partial charge in [0.2, 0.25) is 0 Å². The molecule has 0 aliphatic carbocycles. The van der Waals surface area contributed by atoms with Crippen LogP contribution in [0.1, 0.15) is 33.6 Å². The van der Waals surface area contributed by atoms with E-state index in [2.05, 4.69) is 5.32 Å². The fourth-order valence-corrected chi connectivity index (χ4v) is 1.52. The van der Waals surface area contributed by atoms with E-state index >= 15 is 0 Å². The van der Waals surface area contributed by atoms with E-state index in [1.807, 2.05) is 0 Å². The molecule has 0 aromatic heterocycles. The molecule has 1 aliphatic rings. The zero-order chi connectivity index (χ0) is 16.0. The minimum absolute atomic E-state index is 0.0231. The number of carbonyl (C=O) groups excluding carboxylic acids is 2. The monoisotopic (exact) mass is 294 g/mol. The Morgan fingerprint density at radius 3 is 1.95 bits per heavy atom. The van der Waals surface area contributed by atoms with Crippen molar-refractivity contribution in [2.75, 3.05) is 0 Å². The number of carboxylic acids is 2. The van der Waals surface area contributed by atoms with Crippen molar-refractivity contribution in [3.05, 3.63) is 35.4 Å². The molecular formula is C13H14N2O6. The zero-order valence-electron chi connectivity index (χ0n) is 10.9. The van der Waals surface area contributed by atoms with Crippen molar-refractivity contribution in [2.24, 2.45) is 5.73 Å². The Morgan fingerprint density at radius 2 is 1.57 bits per heavy atom. The summed E-state index contributed by atoms with van der Waals surface area (Å²) in [5.41, 5.74) is 5.94. The molecule has 8 heteroatoms. The zero-order valence-corrected chi connectivity index (χ0v) is 10.9. The molecule has 1 atom stereocenters. The highest BCUT2D eigenvalue weighted by Gasteiger charge is 2.25. The second-order valence-electron chi connectivity index (χ2n) is 4.21. The number of nitrogens with two attached hydrogens (primary N) is 1. The van der Waals surface area contributed by atoms with Crippen molar-refractivity contribution < 1.29 is 29.4 Å². The number of hydrogen-bond donors (Lipinski definition) is 4. The number of hydrogen-bond acceptors (Lipinski definition) is 5. The Morgan fingerprint density at radius 1 is 1.10 bits per heavy atom. The van der Waals surface area contributed by atoms with Gasteiger partial charge in [-0.05, 0) is 18.6 Å². The average molecular weight is 294 g/mol. The molecule has 5 N–H and O–H groups in total. The van der Waals surface area contributed by atoms with E-state index in [0.29, 0.717) is 11.1 Å². The van der Waals surface area contributed by atoms with Crippen LogP contribution in [0.3, 0.4) is 0 Å². The third-order valence-electron chi connectivity index (χ3n) is 2.63. The van der Waals surface area contributed by atoms with Crippen molar-refractivity contribution in [1.29, 1.82) is 0 Å². The summed E-state index contributed by atoms with van der Waals surface area (Å²) in [7, 11) is 0. The first kappa shape index (κ1) is 16.3. The molecule has 2 amide bonds. The summed E-state index contributed by atoms with van der Waals surface area (Å²) in [6.45, 7) is 0. The molecule has 21 heavy (non-hydrogen) atoms. The SMILES string of the molecule is N[C@@H](CCC(=O)O)C(=O)O.O=C1NC(=O)c2ccccc21. The van der Waals surface area contributed by atoms with Crippen LogP contribution in [0.25, 0.3) is 0 Å². The lowest BCUT2D eigenvalue weighted by Gasteiger charge is -2.01. The van der Waals surface area contributed by atoms with Crippen molar-refractivity contribution in [2.45, 2.75) is 18.9 Å². The lowest BCUT2D eigenvalue weighted by atomic mass is 10.1. The van der Waals surface area contributed by atoms with Gasteiger partial charge in [-0.1, -0.05) is 12.1 Å². The number of benzene rings is 1. The summed E-state index contributed by atoms with van der Waals surface area (Å²) < 4.78 is 0. The van der Waals surface area contributed by atoms with E-state index in [-0.39, 0.29) is 24.7 Å². The first-order chi connectivity index (χ1) is 9.82. The van der Waals surface area contributed by atoms with Crippen molar-refractivity contribution in [1.82, 2.24) is 5.32 Å². The second kappa shape index (κ2) is 7.15. The van der Waals surface area contributed by atoms with Crippen LogP contribution in [0, 0.1) is 0 Å². The summed E-state index contributed by atoms with van der Waals surface area (Å²) in [6, 6.07) is 5.68. The summed E-state index contributed by atoms with van der Waals surface area (Å²) >= 11 is 0. The van der Waals surface area contributed by atoms with Crippen molar-refractivity contribution in [3.8, 4) is 0 Å². The van der Waals surface area contributed by atoms with Gasteiger partial charge in [0.1, 0.15) is 6.04 Å². The van der Waals surface area contributed by atoms with Gasteiger partial charge in [-0.25, -0.2) is 0 Å². The summed E-state index contributed by atoms with van der Waals surface area (Å²) in [6.07, 6.45) is -0.224. The van der Waals surface area contributed by atoms with E-state index < -0.39 is 18.0 Å². The molecule has 1 heterocycles. The lowest BCUT2D eigenvalue weighted by Crippen LogP contribution is -2.30. The maximum absolute atomic E-state index is 10.9. The average Bonchev–Trinajstić information content (AvgIpc) is 2.72. The number of nitrogens with one attached hydrogen (secondary N) is 1. The van der Waals surface area contributed by atoms with Gasteiger partial charge >= 0.3 is 11.9 Å². The Labute approximate surface area is 119 Å².